The molecule has 0 radical (unpaired) electrons. The van der Waals surface area contributed by atoms with Gasteiger partial charge >= 0.3 is 0 Å². The van der Waals surface area contributed by atoms with Crippen LogP contribution in [0.4, 0.5) is 5.69 Å². The fourth-order valence-electron chi connectivity index (χ4n) is 3.36. The molecule has 0 unspecified atom stereocenters. The van der Waals surface area contributed by atoms with E-state index in [0.29, 0.717) is 30.8 Å². The molecule has 10 heteroatoms. The Hall–Kier alpha value is -1.94. The number of aryl methyl sites for hydroxylation is 2. The number of nitrogens with two attached hydrogens (primary N) is 1. The second-order valence-electron chi connectivity index (χ2n) is 6.53. The third-order valence-electron chi connectivity index (χ3n) is 4.73. The number of hydrogen-bond acceptors (Lipinski definition) is 5. The zero-order valence-electron chi connectivity index (χ0n) is 15.2. The first-order valence-corrected chi connectivity index (χ1v) is 10.00. The van der Waals surface area contributed by atoms with Gasteiger partial charge in [0.15, 0.2) is 0 Å². The van der Waals surface area contributed by atoms with Crippen LogP contribution in [-0.2, 0) is 28.3 Å². The summed E-state index contributed by atoms with van der Waals surface area (Å²) in [6.45, 7) is 3.10. The van der Waals surface area contributed by atoms with Gasteiger partial charge in [-0.2, -0.15) is 5.10 Å². The van der Waals surface area contributed by atoms with Crippen LogP contribution in [0.15, 0.2) is 35.5 Å². The van der Waals surface area contributed by atoms with Crippen LogP contribution in [0.25, 0.3) is 0 Å². The Morgan fingerprint density at radius 2 is 2.15 bits per heavy atom. The van der Waals surface area contributed by atoms with E-state index in [1.165, 1.54) is 6.07 Å². The minimum Gasteiger partial charge on any atom is -0.326 e. The Labute approximate surface area is 165 Å². The van der Waals surface area contributed by atoms with Crippen molar-refractivity contribution in [3.05, 3.63) is 41.7 Å². The third kappa shape index (κ3) is 4.67. The van der Waals surface area contributed by atoms with Gasteiger partial charge in [0, 0.05) is 37.9 Å². The maximum absolute atomic E-state index is 12.8. The van der Waals surface area contributed by atoms with Gasteiger partial charge in [0.05, 0.1) is 17.0 Å². The number of carbonyl (C=O) groups is 1. The predicted molar refractivity (Wildman–Crippen MR) is 105 cm³/mol. The first kappa shape index (κ1) is 21.4. The van der Waals surface area contributed by atoms with Gasteiger partial charge in [-0.1, -0.05) is 13.0 Å². The van der Waals surface area contributed by atoms with Gasteiger partial charge in [-0.05, 0) is 29.7 Å². The highest BCUT2D eigenvalue weighted by Crippen LogP contribution is 2.29. The molecule has 0 saturated carbocycles. The number of carbonyl (C=O) groups excluding carboxylic acids is 1. The molecule has 0 spiro atoms. The summed E-state index contributed by atoms with van der Waals surface area (Å²) in [4.78, 5) is 12.8. The van der Waals surface area contributed by atoms with Gasteiger partial charge < -0.3 is 10.6 Å². The Balaban J connectivity index is 0.00000261. The zero-order valence-corrected chi connectivity index (χ0v) is 16.8. The molecule has 2 atom stereocenters. The van der Waals surface area contributed by atoms with Crippen molar-refractivity contribution in [1.29, 1.82) is 0 Å². The molecule has 8 nitrogen and oxygen atoms in total. The first-order valence-electron chi connectivity index (χ1n) is 8.45. The lowest BCUT2D eigenvalue weighted by Crippen LogP contribution is -2.28. The van der Waals surface area contributed by atoms with Crippen LogP contribution >= 0.6 is 12.4 Å². The Kier molecular flexibility index (Phi) is 6.63. The molecular weight excluding hydrogens is 390 g/mol. The molecular formula is C17H24ClN5O3S. The fourth-order valence-corrected chi connectivity index (χ4v) is 4.23. The number of amides is 1. The molecule has 2 heterocycles. The summed E-state index contributed by atoms with van der Waals surface area (Å²) in [7, 11) is -2.01. The highest BCUT2D eigenvalue weighted by Gasteiger charge is 2.34. The highest BCUT2D eigenvalue weighted by atomic mass is 35.5. The smallest absolute Gasteiger partial charge is 0.238 e. The number of sulfonamides is 1. The number of aromatic nitrogens is 2. The van der Waals surface area contributed by atoms with E-state index in [9.17, 15) is 13.2 Å². The SMILES string of the molecule is CCc1ccc(NC(=O)[C@H]2CNC[C@@H]2c2cnn(C)c2)cc1S(N)(=O)=O.Cl. The van der Waals surface area contributed by atoms with Gasteiger partial charge in [0.25, 0.3) is 0 Å². The molecule has 1 aliphatic rings. The van der Waals surface area contributed by atoms with E-state index >= 15 is 0 Å². The zero-order chi connectivity index (χ0) is 18.9. The molecule has 1 fully saturated rings. The third-order valence-corrected chi connectivity index (χ3v) is 5.72. The number of nitrogens with zero attached hydrogens (tertiary/aromatic N) is 2. The number of nitrogens with one attached hydrogen (secondary N) is 2. The minimum absolute atomic E-state index is 0. The molecule has 4 N–H and O–H groups in total. The molecule has 1 aliphatic heterocycles. The minimum atomic E-state index is -3.85. The normalized spacial score (nSPS) is 19.5. The molecule has 1 saturated heterocycles. The Bertz CT molecular complexity index is 928. The molecule has 3 rings (SSSR count). The monoisotopic (exact) mass is 413 g/mol. The lowest BCUT2D eigenvalue weighted by Gasteiger charge is -2.17. The largest absolute Gasteiger partial charge is 0.326 e. The summed E-state index contributed by atoms with van der Waals surface area (Å²) in [5.41, 5.74) is 2.05. The van der Waals surface area contributed by atoms with Crippen molar-refractivity contribution in [1.82, 2.24) is 15.1 Å². The second kappa shape index (κ2) is 8.39. The van der Waals surface area contributed by atoms with Crippen LogP contribution in [-0.4, -0.2) is 37.2 Å². The maximum Gasteiger partial charge on any atom is 0.238 e. The molecule has 1 amide bonds. The standard InChI is InChI=1S/C17H23N5O3S.ClH/c1-3-11-4-5-13(6-16(11)26(18,24)25)21-17(23)15-9-19-8-14(15)12-7-20-22(2)10-12;/h4-7,10,14-15,19H,3,8-9H2,1-2H3,(H,21,23)(H2,18,24,25);1H/t14-,15+;/m1./s1. The van der Waals surface area contributed by atoms with Crippen molar-refractivity contribution in [3.63, 3.8) is 0 Å². The predicted octanol–water partition coefficient (Wildman–Crippen LogP) is 0.993. The fraction of sp³-hybridized carbons (Fsp3) is 0.412. The van der Waals surface area contributed by atoms with Crippen LogP contribution in [0, 0.1) is 5.92 Å². The topological polar surface area (TPSA) is 119 Å². The number of halogens is 1. The van der Waals surface area contributed by atoms with Crippen molar-refractivity contribution in [3.8, 4) is 0 Å². The van der Waals surface area contributed by atoms with E-state index in [2.05, 4.69) is 15.7 Å². The summed E-state index contributed by atoms with van der Waals surface area (Å²) >= 11 is 0. The maximum atomic E-state index is 12.8. The number of rotatable bonds is 5. The van der Waals surface area contributed by atoms with E-state index in [4.69, 9.17) is 5.14 Å². The first-order chi connectivity index (χ1) is 12.3. The van der Waals surface area contributed by atoms with Crippen molar-refractivity contribution < 1.29 is 13.2 Å². The second-order valence-corrected chi connectivity index (χ2v) is 8.06. The number of hydrogen-bond donors (Lipinski definition) is 3. The van der Waals surface area contributed by atoms with E-state index in [1.807, 2.05) is 20.2 Å². The quantitative estimate of drug-likeness (QED) is 0.675. The summed E-state index contributed by atoms with van der Waals surface area (Å²) in [5.74, 6) is -0.396. The summed E-state index contributed by atoms with van der Waals surface area (Å²) in [6, 6.07) is 4.81. The number of anilines is 1. The lowest BCUT2D eigenvalue weighted by molar-refractivity contribution is -0.119. The molecule has 0 aliphatic carbocycles. The average Bonchev–Trinajstić information content (AvgIpc) is 3.22. The molecule has 27 heavy (non-hydrogen) atoms. The molecule has 1 aromatic heterocycles. The van der Waals surface area contributed by atoms with Gasteiger partial charge in [0.2, 0.25) is 15.9 Å². The van der Waals surface area contributed by atoms with Crippen molar-refractivity contribution >= 4 is 34.0 Å². The van der Waals surface area contributed by atoms with Gasteiger partial charge in [-0.3, -0.25) is 9.48 Å². The van der Waals surface area contributed by atoms with Crippen LogP contribution in [0.2, 0.25) is 0 Å². The van der Waals surface area contributed by atoms with Crippen LogP contribution in [0.3, 0.4) is 0 Å². The number of benzene rings is 1. The van der Waals surface area contributed by atoms with Crippen molar-refractivity contribution in [2.24, 2.45) is 18.1 Å². The van der Waals surface area contributed by atoms with Crippen molar-refractivity contribution in [2.45, 2.75) is 24.2 Å². The Morgan fingerprint density at radius 3 is 2.74 bits per heavy atom. The van der Waals surface area contributed by atoms with Crippen LogP contribution in [0.1, 0.15) is 24.0 Å². The van der Waals surface area contributed by atoms with E-state index in [1.54, 1.807) is 23.0 Å². The molecule has 1 aromatic carbocycles. The summed E-state index contributed by atoms with van der Waals surface area (Å²) in [5, 5.41) is 15.5. The van der Waals surface area contributed by atoms with Gasteiger partial charge in [-0.15, -0.1) is 12.4 Å². The Morgan fingerprint density at radius 1 is 1.41 bits per heavy atom. The van der Waals surface area contributed by atoms with E-state index in [0.717, 1.165) is 5.56 Å². The lowest BCUT2D eigenvalue weighted by atomic mass is 9.90. The highest BCUT2D eigenvalue weighted by molar-refractivity contribution is 7.89. The average molecular weight is 414 g/mol. The van der Waals surface area contributed by atoms with Crippen molar-refractivity contribution in [2.75, 3.05) is 18.4 Å². The molecule has 148 valence electrons. The van der Waals surface area contributed by atoms with E-state index < -0.39 is 10.0 Å². The molecule has 2 aromatic rings. The van der Waals surface area contributed by atoms with Gasteiger partial charge in [0.1, 0.15) is 0 Å². The summed E-state index contributed by atoms with van der Waals surface area (Å²) in [6.07, 6.45) is 4.22. The number of primary sulfonamides is 1. The van der Waals surface area contributed by atoms with Crippen LogP contribution in [0.5, 0.6) is 0 Å². The summed E-state index contributed by atoms with van der Waals surface area (Å²) < 4.78 is 25.3. The van der Waals surface area contributed by atoms with Crippen LogP contribution < -0.4 is 15.8 Å². The van der Waals surface area contributed by atoms with E-state index in [-0.39, 0.29) is 35.0 Å². The molecule has 0 bridgehead atoms. The van der Waals surface area contributed by atoms with Gasteiger partial charge in [-0.25, -0.2) is 13.6 Å².